The predicted molar refractivity (Wildman–Crippen MR) is 78.5 cm³/mol. The summed E-state index contributed by atoms with van der Waals surface area (Å²) < 4.78 is 38.4. The molecule has 0 saturated heterocycles. The van der Waals surface area contributed by atoms with Gasteiger partial charge in [0.25, 0.3) is 0 Å². The lowest BCUT2D eigenvalue weighted by molar-refractivity contribution is -0.137. The maximum Gasteiger partial charge on any atom is 0.416 e. The number of hydrogen-bond donors (Lipinski definition) is 1. The molecule has 0 unspecified atom stereocenters. The summed E-state index contributed by atoms with van der Waals surface area (Å²) in [6, 6.07) is 4.67. The Morgan fingerprint density at radius 1 is 1.23 bits per heavy atom. The fourth-order valence-corrected chi connectivity index (χ4v) is 4.24. The Hall–Kier alpha value is -1.52. The molecule has 0 aromatic heterocycles. The minimum absolute atomic E-state index is 0.000740. The molecule has 3 atom stereocenters. The highest BCUT2D eigenvalue weighted by Crippen LogP contribution is 2.64. The van der Waals surface area contributed by atoms with E-state index in [1.165, 1.54) is 6.07 Å². The molecule has 3 rings (SSSR count). The van der Waals surface area contributed by atoms with Gasteiger partial charge in [0.1, 0.15) is 0 Å². The summed E-state index contributed by atoms with van der Waals surface area (Å²) in [6.07, 6.45) is -2.57. The van der Waals surface area contributed by atoms with E-state index in [4.69, 9.17) is 0 Å². The van der Waals surface area contributed by atoms with Crippen molar-refractivity contribution in [3.8, 4) is 0 Å². The molecule has 5 heteroatoms. The second-order valence-corrected chi connectivity index (χ2v) is 7.29. The van der Waals surface area contributed by atoms with Gasteiger partial charge in [0, 0.05) is 17.0 Å². The van der Waals surface area contributed by atoms with E-state index in [0.29, 0.717) is 5.69 Å². The lowest BCUT2D eigenvalue weighted by atomic mass is 9.69. The Balaban J connectivity index is 1.90. The van der Waals surface area contributed by atoms with Gasteiger partial charge in [-0.25, -0.2) is 0 Å². The van der Waals surface area contributed by atoms with Crippen LogP contribution in [0.25, 0.3) is 0 Å². The van der Waals surface area contributed by atoms with Gasteiger partial charge >= 0.3 is 6.18 Å². The number of Topliss-reactive ketones (excluding diaryl/α,β-unsaturated/α-hetero) is 1. The van der Waals surface area contributed by atoms with Crippen molar-refractivity contribution < 1.29 is 18.0 Å². The van der Waals surface area contributed by atoms with Crippen LogP contribution in [0.5, 0.6) is 0 Å². The van der Waals surface area contributed by atoms with Crippen molar-refractivity contribution in [1.29, 1.82) is 0 Å². The number of anilines is 1. The Kier molecular flexibility index (Phi) is 3.14. The van der Waals surface area contributed by atoms with Gasteiger partial charge in [0.05, 0.1) is 11.6 Å². The fourth-order valence-electron chi connectivity index (χ4n) is 4.24. The van der Waals surface area contributed by atoms with Gasteiger partial charge in [0.15, 0.2) is 5.78 Å². The van der Waals surface area contributed by atoms with Gasteiger partial charge in [-0.05, 0) is 36.5 Å². The van der Waals surface area contributed by atoms with Gasteiger partial charge < -0.3 is 5.32 Å². The molecule has 2 fully saturated rings. The second kappa shape index (κ2) is 4.49. The normalized spacial score (nSPS) is 33.3. The standard InChI is InChI=1S/C17H20F3NO/c1-15(2)12-7-8-16(15,3)14(13(12)22)21-11-6-4-5-10(9-11)17(18,19)20/h4-6,9,12,14,21H,7-8H2,1-3H3/t12-,14+,16-/m0/s1. The van der Waals surface area contributed by atoms with Crippen molar-refractivity contribution in [1.82, 2.24) is 0 Å². The minimum atomic E-state index is -4.38. The quantitative estimate of drug-likeness (QED) is 0.870. The van der Waals surface area contributed by atoms with E-state index in [1.807, 2.05) is 0 Å². The first-order valence-corrected chi connectivity index (χ1v) is 7.55. The van der Waals surface area contributed by atoms with Gasteiger partial charge in [-0.3, -0.25) is 4.79 Å². The van der Waals surface area contributed by atoms with Crippen LogP contribution in [0.4, 0.5) is 18.9 Å². The van der Waals surface area contributed by atoms with Gasteiger partial charge in [-0.15, -0.1) is 0 Å². The number of carbonyl (C=O) groups is 1. The van der Waals surface area contributed by atoms with Crippen molar-refractivity contribution in [2.75, 3.05) is 5.32 Å². The zero-order chi connectivity index (χ0) is 16.3. The Morgan fingerprint density at radius 2 is 1.91 bits per heavy atom. The van der Waals surface area contributed by atoms with Crippen LogP contribution in [-0.2, 0) is 11.0 Å². The first-order chi connectivity index (χ1) is 10.1. The van der Waals surface area contributed by atoms with E-state index in [0.717, 1.165) is 25.0 Å². The molecule has 1 aromatic carbocycles. The van der Waals surface area contributed by atoms with Crippen molar-refractivity contribution in [3.63, 3.8) is 0 Å². The number of hydrogen-bond acceptors (Lipinski definition) is 2. The number of alkyl halides is 3. The molecular weight excluding hydrogens is 291 g/mol. The first kappa shape index (κ1) is 15.4. The zero-order valence-corrected chi connectivity index (χ0v) is 12.9. The van der Waals surface area contributed by atoms with Crippen LogP contribution in [-0.4, -0.2) is 11.8 Å². The van der Waals surface area contributed by atoms with Gasteiger partial charge in [-0.2, -0.15) is 13.2 Å². The van der Waals surface area contributed by atoms with Crippen LogP contribution in [0.2, 0.25) is 0 Å². The zero-order valence-electron chi connectivity index (χ0n) is 12.9. The van der Waals surface area contributed by atoms with E-state index in [-0.39, 0.29) is 22.5 Å². The van der Waals surface area contributed by atoms with Crippen LogP contribution in [0.15, 0.2) is 24.3 Å². The highest BCUT2D eigenvalue weighted by atomic mass is 19.4. The Morgan fingerprint density at radius 3 is 2.45 bits per heavy atom. The molecule has 22 heavy (non-hydrogen) atoms. The molecule has 0 radical (unpaired) electrons. The van der Waals surface area contributed by atoms with Crippen LogP contribution in [0.3, 0.4) is 0 Å². The molecule has 0 spiro atoms. The number of halogens is 3. The Bertz CT molecular complexity index is 623. The largest absolute Gasteiger partial charge is 0.416 e. The second-order valence-electron chi connectivity index (χ2n) is 7.29. The van der Waals surface area contributed by atoms with Gasteiger partial charge in [0.2, 0.25) is 0 Å². The summed E-state index contributed by atoms with van der Waals surface area (Å²) in [5.74, 6) is 0.136. The molecule has 2 aliphatic rings. The molecule has 2 nitrogen and oxygen atoms in total. The maximum atomic E-state index is 12.8. The van der Waals surface area contributed by atoms with E-state index >= 15 is 0 Å². The summed E-state index contributed by atoms with van der Waals surface area (Å²) in [4.78, 5) is 12.6. The van der Waals surface area contributed by atoms with Crippen LogP contribution in [0, 0.1) is 16.7 Å². The highest BCUT2D eigenvalue weighted by Gasteiger charge is 2.66. The van der Waals surface area contributed by atoms with Crippen LogP contribution >= 0.6 is 0 Å². The minimum Gasteiger partial charge on any atom is -0.375 e. The van der Waals surface area contributed by atoms with E-state index < -0.39 is 17.8 Å². The topological polar surface area (TPSA) is 29.1 Å². The monoisotopic (exact) mass is 311 g/mol. The van der Waals surface area contributed by atoms with Crippen LogP contribution < -0.4 is 5.32 Å². The third-order valence-corrected chi connectivity index (χ3v) is 6.06. The summed E-state index contributed by atoms with van der Waals surface area (Å²) >= 11 is 0. The molecule has 0 aliphatic heterocycles. The lowest BCUT2D eigenvalue weighted by Gasteiger charge is -2.38. The maximum absolute atomic E-state index is 12.8. The molecule has 0 amide bonds. The smallest absolute Gasteiger partial charge is 0.375 e. The number of rotatable bonds is 2. The van der Waals surface area contributed by atoms with E-state index in [1.54, 1.807) is 6.07 Å². The summed E-state index contributed by atoms with van der Waals surface area (Å²) in [6.45, 7) is 6.26. The lowest BCUT2D eigenvalue weighted by Crippen LogP contribution is -2.43. The summed E-state index contributed by atoms with van der Waals surface area (Å²) in [5.41, 5.74) is -0.679. The molecule has 0 heterocycles. The number of fused-ring (bicyclic) bond motifs is 2. The van der Waals surface area contributed by atoms with Crippen LogP contribution in [0.1, 0.15) is 39.2 Å². The number of ketones is 1. The third kappa shape index (κ3) is 1.97. The number of carbonyl (C=O) groups excluding carboxylic acids is 1. The molecule has 1 N–H and O–H groups in total. The third-order valence-electron chi connectivity index (χ3n) is 6.06. The van der Waals surface area contributed by atoms with Gasteiger partial charge in [-0.1, -0.05) is 26.8 Å². The number of nitrogens with one attached hydrogen (secondary N) is 1. The molecule has 120 valence electrons. The average Bonchev–Trinajstić information content (AvgIpc) is 2.72. The fraction of sp³-hybridized carbons (Fsp3) is 0.588. The van der Waals surface area contributed by atoms with E-state index in [9.17, 15) is 18.0 Å². The number of benzene rings is 1. The average molecular weight is 311 g/mol. The van der Waals surface area contributed by atoms with Crippen molar-refractivity contribution >= 4 is 11.5 Å². The van der Waals surface area contributed by atoms with Crippen molar-refractivity contribution in [3.05, 3.63) is 29.8 Å². The SMILES string of the molecule is CC1(C)[C@H]2CC[C@@]1(C)[C@H](Nc1cccc(C(F)(F)F)c1)C2=O. The molecule has 2 saturated carbocycles. The highest BCUT2D eigenvalue weighted by molar-refractivity contribution is 5.94. The summed E-state index contributed by atoms with van der Waals surface area (Å²) in [7, 11) is 0. The molecule has 1 aromatic rings. The summed E-state index contributed by atoms with van der Waals surface area (Å²) in [5, 5.41) is 3.08. The molecule has 2 bridgehead atoms. The molecular formula is C17H20F3NO. The predicted octanol–water partition coefficient (Wildman–Crippen LogP) is 4.51. The Labute approximate surface area is 128 Å². The first-order valence-electron chi connectivity index (χ1n) is 7.55. The van der Waals surface area contributed by atoms with E-state index in [2.05, 4.69) is 26.1 Å². The van der Waals surface area contributed by atoms with Crippen molar-refractivity contribution in [2.45, 2.75) is 45.8 Å². The molecule has 2 aliphatic carbocycles. The van der Waals surface area contributed by atoms with Crippen molar-refractivity contribution in [2.24, 2.45) is 16.7 Å².